The first-order chi connectivity index (χ1) is 9.67. The molecular formula is C17H26FNO. The third-order valence-corrected chi connectivity index (χ3v) is 3.41. The van der Waals surface area contributed by atoms with E-state index < -0.39 is 0 Å². The van der Waals surface area contributed by atoms with Crippen LogP contribution in [0.25, 0.3) is 0 Å². The number of aryl methyl sites for hydroxylation is 1. The molecule has 0 aliphatic heterocycles. The molecule has 0 fully saturated rings. The zero-order valence-electron chi connectivity index (χ0n) is 12.7. The zero-order chi connectivity index (χ0) is 14.8. The lowest BCUT2D eigenvalue weighted by atomic mass is 10.0. The fourth-order valence-corrected chi connectivity index (χ4v) is 2.35. The molecule has 0 aliphatic rings. The lowest BCUT2D eigenvalue weighted by molar-refractivity contribution is 0.0977. The molecule has 0 bridgehead atoms. The van der Waals surface area contributed by atoms with E-state index in [0.717, 1.165) is 43.5 Å². The maximum atomic E-state index is 12.4. The molecule has 1 aromatic carbocycles. The van der Waals surface area contributed by atoms with Gasteiger partial charge in [-0.3, -0.25) is 4.79 Å². The lowest BCUT2D eigenvalue weighted by Gasteiger charge is -2.19. The Morgan fingerprint density at radius 1 is 1.20 bits per heavy atom. The van der Waals surface area contributed by atoms with Gasteiger partial charge in [0.25, 0.3) is 0 Å². The highest BCUT2D eigenvalue weighted by Gasteiger charge is 2.07. The van der Waals surface area contributed by atoms with E-state index in [2.05, 4.69) is 11.8 Å². The van der Waals surface area contributed by atoms with Crippen LogP contribution in [0.2, 0.25) is 0 Å². The number of unbranched alkanes of at least 4 members (excludes halogenated alkanes) is 1. The highest BCUT2D eigenvalue weighted by atomic mass is 19.1. The first-order valence-electron chi connectivity index (χ1n) is 7.55. The number of halogens is 1. The highest BCUT2D eigenvalue weighted by molar-refractivity contribution is 5.96. The van der Waals surface area contributed by atoms with Crippen LogP contribution in [0, 0.1) is 6.92 Å². The summed E-state index contributed by atoms with van der Waals surface area (Å²) in [5, 5.41) is 0. The Hall–Kier alpha value is -1.22. The number of rotatable bonds is 10. The second kappa shape index (κ2) is 9.65. The van der Waals surface area contributed by atoms with E-state index >= 15 is 0 Å². The number of benzene rings is 1. The number of ketones is 1. The van der Waals surface area contributed by atoms with Gasteiger partial charge >= 0.3 is 0 Å². The Bertz CT molecular complexity index is 400. The summed E-state index contributed by atoms with van der Waals surface area (Å²) in [6.45, 7) is 6.15. The normalized spacial score (nSPS) is 11.0. The summed E-state index contributed by atoms with van der Waals surface area (Å²) in [6.07, 6.45) is 3.46. The highest BCUT2D eigenvalue weighted by Crippen LogP contribution is 2.10. The van der Waals surface area contributed by atoms with Gasteiger partial charge in [-0.25, -0.2) is 4.39 Å². The van der Waals surface area contributed by atoms with Crippen LogP contribution in [0.15, 0.2) is 24.3 Å². The molecular weight excluding hydrogens is 253 g/mol. The Morgan fingerprint density at radius 3 is 2.65 bits per heavy atom. The predicted octanol–water partition coefficient (Wildman–Crippen LogP) is 4.03. The van der Waals surface area contributed by atoms with Gasteiger partial charge < -0.3 is 4.90 Å². The van der Waals surface area contributed by atoms with Crippen molar-refractivity contribution in [2.45, 2.75) is 39.5 Å². The van der Waals surface area contributed by atoms with E-state index in [0.29, 0.717) is 13.0 Å². The minimum absolute atomic E-state index is 0.209. The van der Waals surface area contributed by atoms with Crippen LogP contribution < -0.4 is 0 Å². The number of carbonyl (C=O) groups excluding carboxylic acids is 1. The summed E-state index contributed by atoms with van der Waals surface area (Å²) in [5.41, 5.74) is 1.92. The molecule has 0 N–H and O–H groups in total. The topological polar surface area (TPSA) is 20.3 Å². The molecule has 0 radical (unpaired) electrons. The fraction of sp³-hybridized carbons (Fsp3) is 0.588. The molecule has 0 spiro atoms. The average molecular weight is 279 g/mol. The van der Waals surface area contributed by atoms with Crippen molar-refractivity contribution in [3.63, 3.8) is 0 Å². The molecule has 0 heterocycles. The minimum atomic E-state index is -0.289. The van der Waals surface area contributed by atoms with Gasteiger partial charge in [0.2, 0.25) is 0 Å². The van der Waals surface area contributed by atoms with Crippen LogP contribution in [0.3, 0.4) is 0 Å². The van der Waals surface area contributed by atoms with Crippen LogP contribution in [-0.4, -0.2) is 37.0 Å². The number of nitrogens with zero attached hydrogens (tertiary/aromatic N) is 1. The standard InChI is InChI=1S/C17H26FNO/c1-3-11-19(13-10-18)12-5-4-9-17(20)16-8-6-7-15(2)14-16/h6-8,14H,3-5,9-13H2,1-2H3. The Kier molecular flexibility index (Phi) is 8.12. The molecule has 3 heteroatoms. The molecule has 0 amide bonds. The molecule has 20 heavy (non-hydrogen) atoms. The van der Waals surface area contributed by atoms with Gasteiger partial charge in [-0.05, 0) is 45.3 Å². The quantitative estimate of drug-likeness (QED) is 0.476. The molecule has 0 saturated heterocycles. The number of alkyl halides is 1. The Morgan fingerprint density at radius 2 is 2.00 bits per heavy atom. The summed E-state index contributed by atoms with van der Waals surface area (Å²) in [7, 11) is 0. The van der Waals surface area contributed by atoms with Crippen LogP contribution in [0.5, 0.6) is 0 Å². The Labute approximate surface area is 122 Å². The largest absolute Gasteiger partial charge is 0.301 e. The molecule has 0 atom stereocenters. The van der Waals surface area contributed by atoms with Crippen molar-refractivity contribution in [2.24, 2.45) is 0 Å². The third-order valence-electron chi connectivity index (χ3n) is 3.41. The van der Waals surface area contributed by atoms with Crippen molar-refractivity contribution in [3.8, 4) is 0 Å². The van der Waals surface area contributed by atoms with Crippen molar-refractivity contribution in [1.82, 2.24) is 4.90 Å². The van der Waals surface area contributed by atoms with Crippen LogP contribution in [0.4, 0.5) is 4.39 Å². The predicted molar refractivity (Wildman–Crippen MR) is 82.1 cm³/mol. The van der Waals surface area contributed by atoms with Gasteiger partial charge in [-0.2, -0.15) is 0 Å². The third kappa shape index (κ3) is 6.29. The molecule has 1 aromatic rings. The van der Waals surface area contributed by atoms with Gasteiger partial charge in [0, 0.05) is 18.5 Å². The molecule has 2 nitrogen and oxygen atoms in total. The van der Waals surface area contributed by atoms with E-state index in [4.69, 9.17) is 0 Å². The second-order valence-electron chi connectivity index (χ2n) is 5.28. The second-order valence-corrected chi connectivity index (χ2v) is 5.28. The first-order valence-corrected chi connectivity index (χ1v) is 7.55. The first kappa shape index (κ1) is 16.8. The van der Waals surface area contributed by atoms with E-state index in [9.17, 15) is 9.18 Å². The van der Waals surface area contributed by atoms with Crippen LogP contribution in [-0.2, 0) is 0 Å². The number of Topliss-reactive ketones (excluding diaryl/α,β-unsaturated/α-hetero) is 1. The van der Waals surface area contributed by atoms with Gasteiger partial charge in [0.15, 0.2) is 5.78 Å². The van der Waals surface area contributed by atoms with E-state index in [-0.39, 0.29) is 12.5 Å². The van der Waals surface area contributed by atoms with Crippen molar-refractivity contribution in [2.75, 3.05) is 26.3 Å². The minimum Gasteiger partial charge on any atom is -0.301 e. The van der Waals surface area contributed by atoms with Crippen LogP contribution in [0.1, 0.15) is 48.5 Å². The van der Waals surface area contributed by atoms with Gasteiger partial charge in [-0.1, -0.05) is 30.7 Å². The summed E-state index contributed by atoms with van der Waals surface area (Å²) in [6, 6.07) is 7.74. The molecule has 0 aliphatic carbocycles. The summed E-state index contributed by atoms with van der Waals surface area (Å²) in [4.78, 5) is 14.2. The fourth-order valence-electron chi connectivity index (χ4n) is 2.35. The van der Waals surface area contributed by atoms with Gasteiger partial charge in [0.05, 0.1) is 0 Å². The molecule has 0 unspecified atom stereocenters. The maximum absolute atomic E-state index is 12.4. The lowest BCUT2D eigenvalue weighted by Crippen LogP contribution is -2.28. The van der Waals surface area contributed by atoms with E-state index in [1.54, 1.807) is 0 Å². The van der Waals surface area contributed by atoms with Crippen LogP contribution >= 0.6 is 0 Å². The van der Waals surface area contributed by atoms with E-state index in [1.165, 1.54) is 0 Å². The number of carbonyl (C=O) groups is 1. The van der Waals surface area contributed by atoms with Gasteiger partial charge in [-0.15, -0.1) is 0 Å². The molecule has 0 aromatic heterocycles. The van der Waals surface area contributed by atoms with Gasteiger partial charge in [0.1, 0.15) is 6.67 Å². The molecule has 1 rings (SSSR count). The average Bonchev–Trinajstić information content (AvgIpc) is 2.43. The van der Waals surface area contributed by atoms with E-state index in [1.807, 2.05) is 31.2 Å². The Balaban J connectivity index is 2.28. The maximum Gasteiger partial charge on any atom is 0.162 e. The van der Waals surface area contributed by atoms with Crippen molar-refractivity contribution in [3.05, 3.63) is 35.4 Å². The SMILES string of the molecule is CCCN(CCF)CCCCC(=O)c1cccc(C)c1. The van der Waals surface area contributed by atoms with Crippen molar-refractivity contribution in [1.29, 1.82) is 0 Å². The summed E-state index contributed by atoms with van der Waals surface area (Å²) >= 11 is 0. The molecule has 112 valence electrons. The molecule has 0 saturated carbocycles. The van der Waals surface area contributed by atoms with Crippen molar-refractivity contribution >= 4 is 5.78 Å². The summed E-state index contributed by atoms with van der Waals surface area (Å²) in [5.74, 6) is 0.209. The summed E-state index contributed by atoms with van der Waals surface area (Å²) < 4.78 is 12.4. The van der Waals surface area contributed by atoms with Crippen molar-refractivity contribution < 1.29 is 9.18 Å². The number of hydrogen-bond acceptors (Lipinski definition) is 2. The number of hydrogen-bond donors (Lipinski definition) is 0. The zero-order valence-corrected chi connectivity index (χ0v) is 12.7. The smallest absolute Gasteiger partial charge is 0.162 e. The monoisotopic (exact) mass is 279 g/mol.